The Morgan fingerprint density at radius 3 is 2.20 bits per heavy atom. The molecular weight excluding hydrogens is 338 g/mol. The molecule has 0 aromatic heterocycles. The van der Waals surface area contributed by atoms with Gasteiger partial charge in [-0.1, -0.05) is 37.1 Å². The number of rotatable bonds is 3. The minimum atomic E-state index is -0.659. The van der Waals surface area contributed by atoms with Crippen molar-refractivity contribution in [2.24, 2.45) is 5.73 Å². The van der Waals surface area contributed by atoms with Gasteiger partial charge in [-0.05, 0) is 30.9 Å². The molecule has 3 rings (SSSR count). The van der Waals surface area contributed by atoms with E-state index in [4.69, 9.17) is 5.73 Å². The van der Waals surface area contributed by atoms with Crippen LogP contribution in [0.2, 0.25) is 0 Å². The second-order valence-electron chi connectivity index (χ2n) is 7.14. The molecule has 1 aromatic rings. The van der Waals surface area contributed by atoms with Crippen molar-refractivity contribution in [3.63, 3.8) is 0 Å². The number of hydrogen-bond donors (Lipinski definition) is 1. The Balaban J connectivity index is 0.00000225. The normalized spacial score (nSPS) is 19.4. The third-order valence-electron chi connectivity index (χ3n) is 5.44. The summed E-state index contributed by atoms with van der Waals surface area (Å²) in [6.07, 6.45) is 4.09. The third-order valence-corrected chi connectivity index (χ3v) is 5.44. The monoisotopic (exact) mass is 365 g/mol. The lowest BCUT2D eigenvalue weighted by atomic mass is 9.96. The van der Waals surface area contributed by atoms with Crippen LogP contribution in [0.15, 0.2) is 24.3 Å². The summed E-state index contributed by atoms with van der Waals surface area (Å²) in [5.74, 6) is 0.214. The molecule has 2 amide bonds. The van der Waals surface area contributed by atoms with Crippen LogP contribution >= 0.6 is 12.4 Å². The van der Waals surface area contributed by atoms with Crippen LogP contribution in [-0.2, 0) is 16.0 Å². The predicted octanol–water partition coefficient (Wildman–Crippen LogP) is 1.90. The molecule has 1 saturated heterocycles. The minimum Gasteiger partial charge on any atom is -0.339 e. The number of aryl methyl sites for hydroxylation is 1. The summed E-state index contributed by atoms with van der Waals surface area (Å²) >= 11 is 0. The molecule has 1 saturated carbocycles. The van der Waals surface area contributed by atoms with E-state index in [9.17, 15) is 9.59 Å². The van der Waals surface area contributed by atoms with Gasteiger partial charge in [0, 0.05) is 26.2 Å². The quantitative estimate of drug-likeness (QED) is 0.889. The van der Waals surface area contributed by atoms with Gasteiger partial charge < -0.3 is 15.5 Å². The Hall–Kier alpha value is -1.59. The van der Waals surface area contributed by atoms with E-state index in [0.29, 0.717) is 32.6 Å². The van der Waals surface area contributed by atoms with Crippen LogP contribution in [-0.4, -0.2) is 53.3 Å². The summed E-state index contributed by atoms with van der Waals surface area (Å²) in [5.41, 5.74) is 7.84. The first-order valence-corrected chi connectivity index (χ1v) is 8.90. The molecule has 138 valence electrons. The van der Waals surface area contributed by atoms with Gasteiger partial charge in [-0.25, -0.2) is 0 Å². The molecule has 2 aliphatic rings. The highest BCUT2D eigenvalue weighted by atomic mass is 35.5. The number of piperazine rings is 1. The number of carbonyl (C=O) groups excluding carboxylic acids is 2. The van der Waals surface area contributed by atoms with Gasteiger partial charge in [0.05, 0.1) is 12.0 Å². The lowest BCUT2D eigenvalue weighted by molar-refractivity contribution is -0.142. The van der Waals surface area contributed by atoms with Crippen molar-refractivity contribution >= 4 is 24.2 Å². The highest BCUT2D eigenvalue weighted by molar-refractivity contribution is 5.87. The lowest BCUT2D eigenvalue weighted by Gasteiger charge is -2.38. The molecule has 1 aromatic carbocycles. The van der Waals surface area contributed by atoms with Gasteiger partial charge >= 0.3 is 0 Å². The summed E-state index contributed by atoms with van der Waals surface area (Å²) in [6.45, 7) is 4.43. The van der Waals surface area contributed by atoms with Crippen molar-refractivity contribution in [1.29, 1.82) is 0 Å². The number of amides is 2. The standard InChI is InChI=1S/C19H27N3O2.ClH/c1-15-6-2-3-7-16(15)14-17(23)21-10-12-22(13-11-21)18(24)19(20)8-4-5-9-19;/h2-3,6-7H,4-5,8-14,20H2,1H3;1H. The molecule has 1 heterocycles. The van der Waals surface area contributed by atoms with E-state index in [0.717, 1.165) is 36.8 Å². The number of halogens is 1. The first kappa shape index (κ1) is 19.7. The summed E-state index contributed by atoms with van der Waals surface area (Å²) < 4.78 is 0. The van der Waals surface area contributed by atoms with Crippen molar-refractivity contribution in [1.82, 2.24) is 9.80 Å². The van der Waals surface area contributed by atoms with Gasteiger partial charge in [0.1, 0.15) is 0 Å². The zero-order chi connectivity index (χ0) is 17.2. The van der Waals surface area contributed by atoms with E-state index < -0.39 is 5.54 Å². The van der Waals surface area contributed by atoms with Crippen LogP contribution in [0.4, 0.5) is 0 Å². The number of hydrogen-bond acceptors (Lipinski definition) is 3. The highest BCUT2D eigenvalue weighted by Gasteiger charge is 2.40. The molecule has 0 bridgehead atoms. The number of nitrogens with two attached hydrogens (primary N) is 1. The molecule has 0 unspecified atom stereocenters. The van der Waals surface area contributed by atoms with E-state index in [-0.39, 0.29) is 24.2 Å². The van der Waals surface area contributed by atoms with Gasteiger partial charge in [-0.2, -0.15) is 0 Å². The van der Waals surface area contributed by atoms with Gasteiger partial charge in [0.15, 0.2) is 0 Å². The van der Waals surface area contributed by atoms with Crippen molar-refractivity contribution in [3.8, 4) is 0 Å². The molecule has 0 spiro atoms. The highest BCUT2D eigenvalue weighted by Crippen LogP contribution is 2.29. The van der Waals surface area contributed by atoms with Crippen molar-refractivity contribution in [3.05, 3.63) is 35.4 Å². The maximum absolute atomic E-state index is 12.6. The minimum absolute atomic E-state index is 0. The molecule has 5 nitrogen and oxygen atoms in total. The van der Waals surface area contributed by atoms with Gasteiger partial charge in [0.25, 0.3) is 0 Å². The van der Waals surface area contributed by atoms with E-state index in [2.05, 4.69) is 0 Å². The Bertz CT molecular complexity index is 621. The summed E-state index contributed by atoms with van der Waals surface area (Å²) in [5, 5.41) is 0. The molecule has 25 heavy (non-hydrogen) atoms. The van der Waals surface area contributed by atoms with Crippen molar-refractivity contribution in [2.75, 3.05) is 26.2 Å². The largest absolute Gasteiger partial charge is 0.339 e. The van der Waals surface area contributed by atoms with Crippen LogP contribution in [0.3, 0.4) is 0 Å². The summed E-state index contributed by atoms with van der Waals surface area (Å²) in [6, 6.07) is 7.99. The molecule has 6 heteroatoms. The van der Waals surface area contributed by atoms with Gasteiger partial charge in [0.2, 0.25) is 11.8 Å². The molecular formula is C19H28ClN3O2. The van der Waals surface area contributed by atoms with Crippen LogP contribution in [0.1, 0.15) is 36.8 Å². The fourth-order valence-corrected chi connectivity index (χ4v) is 3.78. The first-order valence-electron chi connectivity index (χ1n) is 8.90. The Morgan fingerprint density at radius 1 is 1.04 bits per heavy atom. The van der Waals surface area contributed by atoms with Crippen LogP contribution in [0.25, 0.3) is 0 Å². The summed E-state index contributed by atoms with van der Waals surface area (Å²) in [4.78, 5) is 28.9. The van der Waals surface area contributed by atoms with Gasteiger partial charge in [-0.15, -0.1) is 12.4 Å². The molecule has 2 N–H and O–H groups in total. The van der Waals surface area contributed by atoms with Crippen LogP contribution in [0.5, 0.6) is 0 Å². The smallest absolute Gasteiger partial charge is 0.242 e. The van der Waals surface area contributed by atoms with Gasteiger partial charge in [-0.3, -0.25) is 9.59 Å². The van der Waals surface area contributed by atoms with E-state index in [1.54, 1.807) is 0 Å². The van der Waals surface area contributed by atoms with E-state index in [1.807, 2.05) is 41.0 Å². The van der Waals surface area contributed by atoms with Crippen LogP contribution < -0.4 is 5.73 Å². The zero-order valence-corrected chi connectivity index (χ0v) is 15.7. The average Bonchev–Trinajstić information content (AvgIpc) is 3.04. The van der Waals surface area contributed by atoms with E-state index in [1.165, 1.54) is 0 Å². The molecule has 0 atom stereocenters. The Morgan fingerprint density at radius 2 is 1.60 bits per heavy atom. The topological polar surface area (TPSA) is 66.6 Å². The first-order chi connectivity index (χ1) is 11.5. The fraction of sp³-hybridized carbons (Fsp3) is 0.579. The second kappa shape index (κ2) is 8.19. The number of benzene rings is 1. The molecule has 0 radical (unpaired) electrons. The number of nitrogens with zero attached hydrogens (tertiary/aromatic N) is 2. The fourth-order valence-electron chi connectivity index (χ4n) is 3.78. The average molecular weight is 366 g/mol. The van der Waals surface area contributed by atoms with E-state index >= 15 is 0 Å². The summed E-state index contributed by atoms with van der Waals surface area (Å²) in [7, 11) is 0. The number of carbonyl (C=O) groups is 2. The van der Waals surface area contributed by atoms with Crippen molar-refractivity contribution < 1.29 is 9.59 Å². The van der Waals surface area contributed by atoms with Crippen LogP contribution in [0, 0.1) is 6.92 Å². The zero-order valence-electron chi connectivity index (χ0n) is 14.9. The molecule has 1 aliphatic heterocycles. The maximum atomic E-state index is 12.6. The third kappa shape index (κ3) is 4.33. The van der Waals surface area contributed by atoms with Crippen molar-refractivity contribution in [2.45, 2.75) is 44.6 Å². The Kier molecular flexibility index (Phi) is 6.47. The second-order valence-corrected chi connectivity index (χ2v) is 7.14. The maximum Gasteiger partial charge on any atom is 0.242 e. The molecule has 1 aliphatic carbocycles. The SMILES string of the molecule is Cc1ccccc1CC(=O)N1CCN(C(=O)C2(N)CCCC2)CC1.Cl. The Labute approximate surface area is 155 Å². The predicted molar refractivity (Wildman–Crippen MR) is 101 cm³/mol. The lowest BCUT2D eigenvalue weighted by Crippen LogP contribution is -2.59. The molecule has 2 fully saturated rings.